The minimum atomic E-state index is 0.0314. The number of nitrogens with zero attached hydrogens (tertiary/aromatic N) is 2. The van der Waals surface area contributed by atoms with Crippen molar-refractivity contribution < 1.29 is 14.3 Å². The van der Waals surface area contributed by atoms with Gasteiger partial charge in [-0.05, 0) is 117 Å². The van der Waals surface area contributed by atoms with Gasteiger partial charge in [-0.3, -0.25) is 9.59 Å². The third-order valence-corrected chi connectivity index (χ3v) is 11.3. The van der Waals surface area contributed by atoms with Gasteiger partial charge in [-0.25, -0.2) is 0 Å². The molecule has 2 aliphatic heterocycles. The second-order valence-corrected chi connectivity index (χ2v) is 15.1. The Labute approximate surface area is 311 Å². The number of hydrogen-bond donors (Lipinski definition) is 0. The molecule has 4 aliphatic rings. The van der Waals surface area contributed by atoms with Crippen molar-refractivity contribution in [3.8, 4) is 0 Å². The smallest absolute Gasteiger partial charge is 0.224 e. The van der Waals surface area contributed by atoms with E-state index in [1.165, 1.54) is 47.1 Å². The van der Waals surface area contributed by atoms with E-state index in [1.807, 2.05) is 52.3 Å². The Bertz CT molecular complexity index is 2050. The van der Waals surface area contributed by atoms with Crippen molar-refractivity contribution in [2.75, 3.05) is 23.5 Å². The van der Waals surface area contributed by atoms with Crippen LogP contribution in [0.5, 0.6) is 0 Å². The Kier molecular flexibility index (Phi) is 10.2. The molecular formula is C44H44Cl2N2O3. The van der Waals surface area contributed by atoms with E-state index in [-0.39, 0.29) is 11.8 Å². The van der Waals surface area contributed by atoms with Gasteiger partial charge in [0.1, 0.15) is 0 Å². The lowest BCUT2D eigenvalue weighted by Gasteiger charge is -2.26. The highest BCUT2D eigenvalue weighted by Crippen LogP contribution is 2.50. The van der Waals surface area contributed by atoms with Crippen LogP contribution in [0.3, 0.4) is 0 Å². The number of halogens is 2. The average Bonchev–Trinajstić information content (AvgIpc) is 4.03. The standard InChI is InChI=1S/C22H22ClNO2.C22H22ClNO/c1-14(25)24-12-18-9-16(21-11-19(21)13-26-2)5-3-15(18)4-6-17-10-20(23)7-8-22(17)24;1-3-15-12-21(15)17-6-4-16-5-7-18-11-20(23)8-9-22(18)24(14(2)25)13-19(16)10-17/h3-10,19,21H,11-13H2,1-2H3;4-11,15,21H,3,12-13H2,1-2H3/b6-4-;7-5-/t19-,21+;15-,21+/m10/s1. The predicted octanol–water partition coefficient (Wildman–Crippen LogP) is 11.0. The van der Waals surface area contributed by atoms with E-state index in [4.69, 9.17) is 27.9 Å². The average molecular weight is 720 g/mol. The summed E-state index contributed by atoms with van der Waals surface area (Å²) in [7, 11) is 1.76. The molecule has 2 saturated carbocycles. The maximum absolute atomic E-state index is 12.3. The fourth-order valence-corrected chi connectivity index (χ4v) is 8.08. The van der Waals surface area contributed by atoms with E-state index in [1.54, 1.807) is 21.0 Å². The van der Waals surface area contributed by atoms with Gasteiger partial charge < -0.3 is 14.5 Å². The van der Waals surface area contributed by atoms with Crippen molar-refractivity contribution in [2.45, 2.75) is 65.0 Å². The fourth-order valence-electron chi connectivity index (χ4n) is 7.71. The molecule has 2 aliphatic carbocycles. The lowest BCUT2D eigenvalue weighted by atomic mass is 9.97. The second kappa shape index (κ2) is 14.8. The third-order valence-electron chi connectivity index (χ3n) is 10.8. The van der Waals surface area contributed by atoms with Gasteiger partial charge in [0.15, 0.2) is 0 Å². The monoisotopic (exact) mass is 718 g/mol. The summed E-state index contributed by atoms with van der Waals surface area (Å²) >= 11 is 12.3. The van der Waals surface area contributed by atoms with Crippen molar-refractivity contribution in [1.29, 1.82) is 0 Å². The van der Waals surface area contributed by atoms with Crippen molar-refractivity contribution >= 4 is 70.7 Å². The van der Waals surface area contributed by atoms with Crippen LogP contribution in [-0.4, -0.2) is 25.5 Å². The highest BCUT2D eigenvalue weighted by Gasteiger charge is 2.38. The van der Waals surface area contributed by atoms with Crippen LogP contribution in [0.1, 0.15) is 96.4 Å². The number of carbonyl (C=O) groups excluding carboxylic acids is 2. The zero-order valence-corrected chi connectivity index (χ0v) is 31.2. The zero-order valence-electron chi connectivity index (χ0n) is 29.7. The van der Waals surface area contributed by atoms with Gasteiger partial charge >= 0.3 is 0 Å². The number of ether oxygens (including phenoxy) is 1. The van der Waals surface area contributed by atoms with Crippen LogP contribution in [0.4, 0.5) is 11.4 Å². The van der Waals surface area contributed by atoms with Gasteiger partial charge in [0.2, 0.25) is 11.8 Å². The van der Waals surface area contributed by atoms with Crippen LogP contribution in [0.25, 0.3) is 24.3 Å². The summed E-state index contributed by atoms with van der Waals surface area (Å²) in [4.78, 5) is 28.3. The zero-order chi connectivity index (χ0) is 35.8. The molecule has 4 atom stereocenters. The molecule has 8 rings (SSSR count). The largest absolute Gasteiger partial charge is 0.384 e. The molecule has 5 nitrogen and oxygen atoms in total. The number of benzene rings is 4. The molecule has 51 heavy (non-hydrogen) atoms. The summed E-state index contributed by atoms with van der Waals surface area (Å²) in [6.07, 6.45) is 12.1. The molecule has 4 aromatic rings. The lowest BCUT2D eigenvalue weighted by molar-refractivity contribution is -0.117. The van der Waals surface area contributed by atoms with Crippen LogP contribution < -0.4 is 9.80 Å². The maximum atomic E-state index is 12.3. The first-order chi connectivity index (χ1) is 24.6. The number of methoxy groups -OCH3 is 1. The number of rotatable bonds is 5. The summed E-state index contributed by atoms with van der Waals surface area (Å²) in [6.45, 7) is 7.49. The van der Waals surface area contributed by atoms with E-state index in [2.05, 4.69) is 61.5 Å². The molecule has 0 bridgehead atoms. The molecule has 0 aromatic heterocycles. The van der Waals surface area contributed by atoms with Crippen LogP contribution in [0, 0.1) is 11.8 Å². The Morgan fingerprint density at radius 2 is 1.10 bits per heavy atom. The highest BCUT2D eigenvalue weighted by molar-refractivity contribution is 6.31. The summed E-state index contributed by atoms with van der Waals surface area (Å²) in [5.41, 5.74) is 11.2. The SMILES string of the molecule is CC[C@H]1C[C@H]1c1ccc2c(c1)CN(C(C)=O)c1ccc(Cl)cc1/C=C\2.COC[C@H]1C[C@H]1c1ccc2c(c1)CN(C(C)=O)c1ccc(Cl)cc1/C=C\2. The first kappa shape index (κ1) is 35.3. The van der Waals surface area contributed by atoms with Gasteiger partial charge in [-0.2, -0.15) is 0 Å². The van der Waals surface area contributed by atoms with E-state index >= 15 is 0 Å². The predicted molar refractivity (Wildman–Crippen MR) is 211 cm³/mol. The number of fused-ring (bicyclic) bond motifs is 4. The number of carbonyl (C=O) groups is 2. The number of hydrogen-bond acceptors (Lipinski definition) is 3. The minimum absolute atomic E-state index is 0.0314. The molecule has 2 amide bonds. The number of anilines is 2. The van der Waals surface area contributed by atoms with Crippen LogP contribution >= 0.6 is 23.2 Å². The van der Waals surface area contributed by atoms with Crippen molar-refractivity contribution in [1.82, 2.24) is 0 Å². The van der Waals surface area contributed by atoms with Gasteiger partial charge in [-0.1, -0.05) is 97.2 Å². The highest BCUT2D eigenvalue weighted by atomic mass is 35.5. The molecule has 4 aromatic carbocycles. The first-order valence-electron chi connectivity index (χ1n) is 17.9. The Morgan fingerprint density at radius 1 is 0.647 bits per heavy atom. The molecule has 2 fully saturated rings. The molecule has 0 saturated heterocycles. The van der Waals surface area contributed by atoms with Crippen molar-refractivity contribution in [3.05, 3.63) is 127 Å². The first-order valence-corrected chi connectivity index (χ1v) is 18.6. The van der Waals surface area contributed by atoms with Crippen LogP contribution in [0.2, 0.25) is 10.0 Å². The molecule has 0 unspecified atom stereocenters. The van der Waals surface area contributed by atoms with Crippen LogP contribution in [0.15, 0.2) is 72.8 Å². The van der Waals surface area contributed by atoms with E-state index in [9.17, 15) is 9.59 Å². The Balaban J connectivity index is 0.000000159. The molecular weight excluding hydrogens is 675 g/mol. The molecule has 7 heteroatoms. The summed E-state index contributed by atoms with van der Waals surface area (Å²) in [5, 5.41) is 1.35. The molecule has 262 valence electrons. The summed E-state index contributed by atoms with van der Waals surface area (Å²) < 4.78 is 5.29. The van der Waals surface area contributed by atoms with Gasteiger partial charge in [0.25, 0.3) is 0 Å². The fraction of sp³-hybridized carbons (Fsp3) is 0.318. The maximum Gasteiger partial charge on any atom is 0.224 e. The van der Waals surface area contributed by atoms with Crippen molar-refractivity contribution in [2.24, 2.45) is 11.8 Å². The van der Waals surface area contributed by atoms with Crippen molar-refractivity contribution in [3.63, 3.8) is 0 Å². The summed E-state index contributed by atoms with van der Waals surface area (Å²) in [5.74, 6) is 2.80. The molecule has 0 N–H and O–H groups in total. The number of amides is 2. The summed E-state index contributed by atoms with van der Waals surface area (Å²) in [6, 6.07) is 24.7. The van der Waals surface area contributed by atoms with Gasteiger partial charge in [0.05, 0.1) is 24.5 Å². The third kappa shape index (κ3) is 7.72. The minimum Gasteiger partial charge on any atom is -0.384 e. The molecule has 0 radical (unpaired) electrons. The Morgan fingerprint density at radius 3 is 1.53 bits per heavy atom. The lowest BCUT2D eigenvalue weighted by Crippen LogP contribution is -2.29. The van der Waals surface area contributed by atoms with Gasteiger partial charge in [-0.15, -0.1) is 0 Å². The normalized spacial score (nSPS) is 22.2. The van der Waals surface area contributed by atoms with E-state index in [0.717, 1.165) is 40.6 Å². The van der Waals surface area contributed by atoms with E-state index in [0.29, 0.717) is 40.9 Å². The topological polar surface area (TPSA) is 49.9 Å². The Hall–Kier alpha value is -4.16. The quantitative estimate of drug-likeness (QED) is 0.206. The van der Waals surface area contributed by atoms with Crippen LogP contribution in [-0.2, 0) is 27.4 Å². The van der Waals surface area contributed by atoms with E-state index < -0.39 is 0 Å². The second-order valence-electron chi connectivity index (χ2n) is 14.3. The molecule has 2 heterocycles. The van der Waals surface area contributed by atoms with Gasteiger partial charge in [0, 0.05) is 37.6 Å². The molecule has 0 spiro atoms.